The molecule has 100 valence electrons. The van der Waals surface area contributed by atoms with Crippen LogP contribution in [0, 0.1) is 6.92 Å². The number of nitrogens with zero attached hydrogens (tertiary/aromatic N) is 1. The first-order valence-corrected chi connectivity index (χ1v) is 6.17. The molecule has 0 saturated heterocycles. The number of thiazole rings is 1. The zero-order valence-corrected chi connectivity index (χ0v) is 11.6. The van der Waals surface area contributed by atoms with Gasteiger partial charge in [0.15, 0.2) is 5.13 Å². The molecule has 0 aromatic carbocycles. The summed E-state index contributed by atoms with van der Waals surface area (Å²) in [5.41, 5.74) is -0.126. The van der Waals surface area contributed by atoms with Gasteiger partial charge in [-0.15, -0.1) is 11.3 Å². The number of aromatic nitrogens is 1. The number of hydrogen-bond acceptors (Lipinski definition) is 5. The Morgan fingerprint density at radius 3 is 2.56 bits per heavy atom. The minimum absolute atomic E-state index is 0.154. The van der Waals surface area contributed by atoms with Crippen molar-refractivity contribution >= 4 is 28.5 Å². The molecule has 1 amide bonds. The van der Waals surface area contributed by atoms with E-state index >= 15 is 0 Å². The highest BCUT2D eigenvalue weighted by Crippen LogP contribution is 2.23. The minimum atomic E-state index is -0.952. The normalized spacial score (nSPS) is 11.1. The molecule has 0 radical (unpaired) electrons. The van der Waals surface area contributed by atoms with Crippen LogP contribution in [0.1, 0.15) is 31.3 Å². The molecule has 0 bridgehead atoms. The van der Waals surface area contributed by atoms with Gasteiger partial charge < -0.3 is 9.84 Å². The highest BCUT2D eigenvalue weighted by atomic mass is 32.1. The van der Waals surface area contributed by atoms with Crippen LogP contribution in [0.4, 0.5) is 9.93 Å². The first kappa shape index (κ1) is 14.4. The first-order chi connectivity index (χ1) is 8.17. The lowest BCUT2D eigenvalue weighted by atomic mass is 10.2. The number of aliphatic carboxylic acids is 1. The molecule has 0 aliphatic rings. The van der Waals surface area contributed by atoms with Crippen molar-refractivity contribution in [3.05, 3.63) is 10.6 Å². The molecule has 1 aromatic rings. The molecule has 7 heteroatoms. The summed E-state index contributed by atoms with van der Waals surface area (Å²) in [6, 6.07) is 0. The number of carboxylic acid groups (broad SMARTS) is 1. The summed E-state index contributed by atoms with van der Waals surface area (Å²) in [7, 11) is 0. The van der Waals surface area contributed by atoms with Crippen LogP contribution in [0.5, 0.6) is 0 Å². The second kappa shape index (κ2) is 5.34. The highest BCUT2D eigenvalue weighted by Gasteiger charge is 2.18. The predicted octanol–water partition coefficient (Wildman–Crippen LogP) is 2.43. The Bertz CT molecular complexity index is 462. The van der Waals surface area contributed by atoms with E-state index in [0.29, 0.717) is 10.8 Å². The van der Waals surface area contributed by atoms with Crippen molar-refractivity contribution in [3.63, 3.8) is 0 Å². The van der Waals surface area contributed by atoms with Crippen LogP contribution in [0.3, 0.4) is 0 Å². The highest BCUT2D eigenvalue weighted by molar-refractivity contribution is 7.15. The van der Waals surface area contributed by atoms with Gasteiger partial charge in [-0.05, 0) is 27.7 Å². The van der Waals surface area contributed by atoms with E-state index in [0.717, 1.165) is 4.88 Å². The smallest absolute Gasteiger partial charge is 0.413 e. The molecule has 0 aliphatic carbocycles. The van der Waals surface area contributed by atoms with E-state index in [9.17, 15) is 9.59 Å². The first-order valence-electron chi connectivity index (χ1n) is 5.35. The number of carbonyl (C=O) groups is 2. The number of anilines is 1. The van der Waals surface area contributed by atoms with Gasteiger partial charge in [0.2, 0.25) is 0 Å². The van der Waals surface area contributed by atoms with Gasteiger partial charge in [0, 0.05) is 4.88 Å². The fourth-order valence-corrected chi connectivity index (χ4v) is 2.00. The zero-order chi connectivity index (χ0) is 13.9. The summed E-state index contributed by atoms with van der Waals surface area (Å²) < 4.78 is 5.07. The second-order valence-electron chi connectivity index (χ2n) is 4.72. The third-order valence-corrected chi connectivity index (χ3v) is 2.75. The lowest BCUT2D eigenvalue weighted by molar-refractivity contribution is -0.136. The SMILES string of the molecule is Cc1sc(NC(=O)OC(C)(C)C)nc1CC(=O)O. The van der Waals surface area contributed by atoms with Crippen LogP contribution in [0.15, 0.2) is 0 Å². The number of ether oxygens (including phenoxy) is 1. The predicted molar refractivity (Wildman–Crippen MR) is 68.0 cm³/mol. The Balaban J connectivity index is 2.69. The summed E-state index contributed by atoms with van der Waals surface area (Å²) >= 11 is 1.22. The molecule has 0 spiro atoms. The third kappa shape index (κ3) is 4.70. The molecule has 0 unspecified atom stereocenters. The van der Waals surface area contributed by atoms with E-state index in [2.05, 4.69) is 10.3 Å². The molecule has 0 saturated carbocycles. The molecule has 1 heterocycles. The van der Waals surface area contributed by atoms with E-state index in [1.165, 1.54) is 11.3 Å². The third-order valence-electron chi connectivity index (χ3n) is 1.82. The lowest BCUT2D eigenvalue weighted by Gasteiger charge is -2.18. The van der Waals surface area contributed by atoms with Gasteiger partial charge in [-0.3, -0.25) is 10.1 Å². The summed E-state index contributed by atoms with van der Waals surface area (Å²) in [5.74, 6) is -0.952. The quantitative estimate of drug-likeness (QED) is 0.882. The Hall–Kier alpha value is -1.63. The van der Waals surface area contributed by atoms with E-state index in [-0.39, 0.29) is 6.42 Å². The molecule has 2 N–H and O–H groups in total. The average molecular weight is 272 g/mol. The molecular formula is C11H16N2O4S. The maximum absolute atomic E-state index is 11.5. The van der Waals surface area contributed by atoms with Gasteiger partial charge in [0.25, 0.3) is 0 Å². The molecule has 18 heavy (non-hydrogen) atoms. The minimum Gasteiger partial charge on any atom is -0.481 e. The van der Waals surface area contributed by atoms with Crippen LogP contribution in [0.2, 0.25) is 0 Å². The fraction of sp³-hybridized carbons (Fsp3) is 0.545. The largest absolute Gasteiger partial charge is 0.481 e. The van der Waals surface area contributed by atoms with Gasteiger partial charge in [0.05, 0.1) is 12.1 Å². The van der Waals surface area contributed by atoms with Crippen molar-refractivity contribution in [2.75, 3.05) is 5.32 Å². The molecule has 0 aliphatic heterocycles. The van der Waals surface area contributed by atoms with Crippen molar-refractivity contribution in [2.45, 2.75) is 39.7 Å². The van der Waals surface area contributed by atoms with E-state index in [1.54, 1.807) is 27.7 Å². The summed E-state index contributed by atoms with van der Waals surface area (Å²) in [5, 5.41) is 11.5. The lowest BCUT2D eigenvalue weighted by Crippen LogP contribution is -2.27. The topological polar surface area (TPSA) is 88.5 Å². The maximum Gasteiger partial charge on any atom is 0.413 e. The van der Waals surface area contributed by atoms with E-state index in [1.807, 2.05) is 0 Å². The average Bonchev–Trinajstić information content (AvgIpc) is 2.41. The van der Waals surface area contributed by atoms with Crippen molar-refractivity contribution in [1.29, 1.82) is 0 Å². The number of aryl methyl sites for hydroxylation is 1. The standard InChI is InChI=1S/C11H16N2O4S/c1-6-7(5-8(14)15)12-9(18-6)13-10(16)17-11(2,3)4/h5H2,1-4H3,(H,14,15)(H,12,13,16). The monoisotopic (exact) mass is 272 g/mol. The molecular weight excluding hydrogens is 256 g/mol. The second-order valence-corrected chi connectivity index (χ2v) is 5.92. The van der Waals surface area contributed by atoms with Gasteiger partial charge in [-0.2, -0.15) is 0 Å². The number of nitrogens with one attached hydrogen (secondary N) is 1. The molecule has 6 nitrogen and oxygen atoms in total. The maximum atomic E-state index is 11.5. The summed E-state index contributed by atoms with van der Waals surface area (Å²) in [6.45, 7) is 7.04. The van der Waals surface area contributed by atoms with Gasteiger partial charge in [-0.25, -0.2) is 9.78 Å². The van der Waals surface area contributed by atoms with Crippen molar-refractivity contribution < 1.29 is 19.4 Å². The summed E-state index contributed by atoms with van der Waals surface area (Å²) in [6.07, 6.45) is -0.753. The number of carbonyl (C=O) groups excluding carboxylic acids is 1. The van der Waals surface area contributed by atoms with Gasteiger partial charge in [0.1, 0.15) is 5.60 Å². The van der Waals surface area contributed by atoms with Gasteiger partial charge >= 0.3 is 12.1 Å². The van der Waals surface area contributed by atoms with Crippen LogP contribution < -0.4 is 5.32 Å². The Kier molecular flexibility index (Phi) is 4.28. The fourth-order valence-electron chi connectivity index (χ4n) is 1.18. The van der Waals surface area contributed by atoms with Crippen molar-refractivity contribution in [3.8, 4) is 0 Å². The Morgan fingerprint density at radius 2 is 2.06 bits per heavy atom. The molecule has 0 atom stereocenters. The Morgan fingerprint density at radius 1 is 1.44 bits per heavy atom. The van der Waals surface area contributed by atoms with E-state index < -0.39 is 17.7 Å². The molecule has 1 rings (SSSR count). The summed E-state index contributed by atoms with van der Waals surface area (Å²) in [4.78, 5) is 26.9. The van der Waals surface area contributed by atoms with Crippen LogP contribution in [0.25, 0.3) is 0 Å². The number of hydrogen-bond donors (Lipinski definition) is 2. The number of carboxylic acids is 1. The van der Waals surface area contributed by atoms with E-state index in [4.69, 9.17) is 9.84 Å². The number of rotatable bonds is 3. The van der Waals surface area contributed by atoms with Crippen molar-refractivity contribution in [2.24, 2.45) is 0 Å². The van der Waals surface area contributed by atoms with Crippen LogP contribution in [-0.4, -0.2) is 27.8 Å². The zero-order valence-electron chi connectivity index (χ0n) is 10.7. The van der Waals surface area contributed by atoms with Crippen molar-refractivity contribution in [1.82, 2.24) is 4.98 Å². The Labute approximate surface area is 109 Å². The molecule has 1 aromatic heterocycles. The molecule has 0 fully saturated rings. The van der Waals surface area contributed by atoms with Gasteiger partial charge in [-0.1, -0.05) is 0 Å². The van der Waals surface area contributed by atoms with Crippen LogP contribution >= 0.6 is 11.3 Å². The van der Waals surface area contributed by atoms with Crippen LogP contribution in [-0.2, 0) is 16.0 Å². The number of amides is 1.